The van der Waals surface area contributed by atoms with Gasteiger partial charge in [-0.2, -0.15) is 5.10 Å². The molecule has 2 aromatic heterocycles. The largest absolute Gasteiger partial charge is 0.325 e. The molecule has 0 aliphatic heterocycles. The number of amides is 2. The molecular formula is C27H22N4O2S2. The molecule has 0 saturated heterocycles. The molecule has 2 amide bonds. The van der Waals surface area contributed by atoms with Gasteiger partial charge < -0.3 is 10.6 Å². The Bertz CT molecular complexity index is 1490. The third kappa shape index (κ3) is 5.13. The van der Waals surface area contributed by atoms with Crippen LogP contribution in [-0.2, 0) is 4.79 Å². The number of thiophene rings is 1. The zero-order valence-electron chi connectivity index (χ0n) is 18.9. The number of aryl methyl sites for hydroxylation is 1. The molecule has 0 unspecified atom stereocenters. The number of anilines is 2. The number of nitrogens with zero attached hydrogens (tertiary/aromatic N) is 2. The summed E-state index contributed by atoms with van der Waals surface area (Å²) >= 11 is 2.79. The Labute approximate surface area is 211 Å². The lowest BCUT2D eigenvalue weighted by Crippen LogP contribution is -2.14. The first kappa shape index (κ1) is 22.9. The summed E-state index contributed by atoms with van der Waals surface area (Å²) < 4.78 is 1.88. The van der Waals surface area contributed by atoms with Crippen LogP contribution < -0.4 is 10.6 Å². The van der Waals surface area contributed by atoms with Gasteiger partial charge in [0.2, 0.25) is 5.91 Å². The van der Waals surface area contributed by atoms with Gasteiger partial charge in [0.25, 0.3) is 5.91 Å². The molecule has 0 fully saturated rings. The molecular weight excluding hydrogens is 476 g/mol. The van der Waals surface area contributed by atoms with E-state index in [0.717, 1.165) is 32.2 Å². The fourth-order valence-electron chi connectivity index (χ4n) is 3.64. The van der Waals surface area contributed by atoms with Crippen LogP contribution in [0.4, 0.5) is 11.4 Å². The number of fused-ring (bicyclic) bond motifs is 1. The van der Waals surface area contributed by atoms with Gasteiger partial charge in [-0.3, -0.25) is 9.59 Å². The number of benzene rings is 3. The van der Waals surface area contributed by atoms with E-state index in [-0.39, 0.29) is 17.6 Å². The first-order chi connectivity index (χ1) is 17.1. The molecule has 6 nitrogen and oxygen atoms in total. The summed E-state index contributed by atoms with van der Waals surface area (Å²) in [6.07, 6.45) is 0. The molecule has 2 heterocycles. The standard InChI is InChI=1S/C27H22N4O2S2/c1-18-21-16-24(35-27(21)31(30-18)20-12-6-3-7-13-20)26(33)29-22-14-8-9-15-23(22)34-17-25(32)28-19-10-4-2-5-11-19/h2-16H,17H2,1H3,(H,28,32)(H,29,33). The number of hydrogen-bond acceptors (Lipinski definition) is 5. The number of carbonyl (C=O) groups excluding carboxylic acids is 2. The zero-order valence-corrected chi connectivity index (χ0v) is 20.5. The number of rotatable bonds is 7. The summed E-state index contributed by atoms with van der Waals surface area (Å²) in [5, 5.41) is 11.5. The van der Waals surface area contributed by atoms with Gasteiger partial charge in [0, 0.05) is 16.0 Å². The highest BCUT2D eigenvalue weighted by molar-refractivity contribution is 8.00. The summed E-state index contributed by atoms with van der Waals surface area (Å²) in [6.45, 7) is 1.95. The molecule has 2 N–H and O–H groups in total. The van der Waals surface area contributed by atoms with E-state index in [1.807, 2.05) is 103 Å². The third-order valence-electron chi connectivity index (χ3n) is 5.32. The number of thioether (sulfide) groups is 1. The second-order valence-electron chi connectivity index (χ2n) is 7.82. The highest BCUT2D eigenvalue weighted by Gasteiger charge is 2.18. The number of carbonyl (C=O) groups is 2. The van der Waals surface area contributed by atoms with Gasteiger partial charge in [-0.25, -0.2) is 4.68 Å². The Morgan fingerprint density at radius 1 is 0.914 bits per heavy atom. The van der Waals surface area contributed by atoms with Gasteiger partial charge in [0.05, 0.1) is 27.7 Å². The lowest BCUT2D eigenvalue weighted by molar-refractivity contribution is -0.113. The highest BCUT2D eigenvalue weighted by Crippen LogP contribution is 2.32. The van der Waals surface area contributed by atoms with Gasteiger partial charge in [0.1, 0.15) is 4.83 Å². The molecule has 0 spiro atoms. The van der Waals surface area contributed by atoms with E-state index in [0.29, 0.717) is 10.6 Å². The fraction of sp³-hybridized carbons (Fsp3) is 0.0741. The van der Waals surface area contributed by atoms with Crippen molar-refractivity contribution in [3.8, 4) is 5.69 Å². The van der Waals surface area contributed by atoms with Crippen molar-refractivity contribution in [3.63, 3.8) is 0 Å². The minimum absolute atomic E-state index is 0.104. The van der Waals surface area contributed by atoms with Gasteiger partial charge >= 0.3 is 0 Å². The first-order valence-electron chi connectivity index (χ1n) is 11.0. The Kier molecular flexibility index (Phi) is 6.65. The van der Waals surface area contributed by atoms with Gasteiger partial charge in [-0.1, -0.05) is 48.5 Å². The smallest absolute Gasteiger partial charge is 0.265 e. The van der Waals surface area contributed by atoms with Crippen LogP contribution in [0.5, 0.6) is 0 Å². The molecule has 0 radical (unpaired) electrons. The highest BCUT2D eigenvalue weighted by atomic mass is 32.2. The van der Waals surface area contributed by atoms with E-state index < -0.39 is 0 Å². The second-order valence-corrected chi connectivity index (χ2v) is 9.86. The molecule has 35 heavy (non-hydrogen) atoms. The molecule has 174 valence electrons. The van der Waals surface area contributed by atoms with Crippen LogP contribution in [0.15, 0.2) is 95.9 Å². The quantitative estimate of drug-likeness (QED) is 0.255. The third-order valence-corrected chi connectivity index (χ3v) is 7.50. The van der Waals surface area contributed by atoms with E-state index in [9.17, 15) is 9.59 Å². The Hall–Kier alpha value is -3.88. The maximum absolute atomic E-state index is 13.2. The monoisotopic (exact) mass is 498 g/mol. The van der Waals surface area contributed by atoms with Crippen LogP contribution in [0.1, 0.15) is 15.4 Å². The van der Waals surface area contributed by atoms with Gasteiger partial charge in [0.15, 0.2) is 0 Å². The summed E-state index contributed by atoms with van der Waals surface area (Å²) in [6, 6.07) is 28.6. The number of para-hydroxylation sites is 3. The summed E-state index contributed by atoms with van der Waals surface area (Å²) in [5.41, 5.74) is 3.26. The predicted octanol–water partition coefficient (Wildman–Crippen LogP) is 6.38. The fourth-order valence-corrected chi connectivity index (χ4v) is 5.53. The minimum Gasteiger partial charge on any atom is -0.325 e. The summed E-state index contributed by atoms with van der Waals surface area (Å²) in [4.78, 5) is 27.9. The van der Waals surface area contributed by atoms with Crippen molar-refractivity contribution in [1.29, 1.82) is 0 Å². The van der Waals surface area contributed by atoms with Crippen LogP contribution in [0.2, 0.25) is 0 Å². The van der Waals surface area contributed by atoms with Gasteiger partial charge in [-0.05, 0) is 49.4 Å². The van der Waals surface area contributed by atoms with Crippen LogP contribution in [-0.4, -0.2) is 27.3 Å². The molecule has 5 rings (SSSR count). The van der Waals surface area contributed by atoms with E-state index >= 15 is 0 Å². The number of aromatic nitrogens is 2. The topological polar surface area (TPSA) is 76.0 Å². The van der Waals surface area contributed by atoms with Crippen LogP contribution >= 0.6 is 23.1 Å². The zero-order chi connectivity index (χ0) is 24.2. The van der Waals surface area contributed by atoms with Crippen molar-refractivity contribution in [1.82, 2.24) is 9.78 Å². The van der Waals surface area contributed by atoms with Crippen molar-refractivity contribution in [2.75, 3.05) is 16.4 Å². The number of hydrogen-bond donors (Lipinski definition) is 2. The van der Waals surface area contributed by atoms with E-state index in [2.05, 4.69) is 15.7 Å². The van der Waals surface area contributed by atoms with Crippen LogP contribution in [0.3, 0.4) is 0 Å². The average molecular weight is 499 g/mol. The lowest BCUT2D eigenvalue weighted by atomic mass is 10.3. The molecule has 0 aliphatic carbocycles. The molecule has 8 heteroatoms. The molecule has 0 atom stereocenters. The Morgan fingerprint density at radius 2 is 1.60 bits per heavy atom. The van der Waals surface area contributed by atoms with Crippen molar-refractivity contribution in [2.24, 2.45) is 0 Å². The molecule has 0 aliphatic rings. The maximum Gasteiger partial charge on any atom is 0.265 e. The van der Waals surface area contributed by atoms with Crippen molar-refractivity contribution >= 4 is 56.5 Å². The summed E-state index contributed by atoms with van der Waals surface area (Å²) in [7, 11) is 0. The molecule has 0 saturated carbocycles. The van der Waals surface area contributed by atoms with E-state index in [1.165, 1.54) is 23.1 Å². The van der Waals surface area contributed by atoms with E-state index in [4.69, 9.17) is 0 Å². The average Bonchev–Trinajstić information content (AvgIpc) is 3.45. The van der Waals surface area contributed by atoms with Gasteiger partial charge in [-0.15, -0.1) is 23.1 Å². The Balaban J connectivity index is 1.31. The Morgan fingerprint density at radius 3 is 2.37 bits per heavy atom. The predicted molar refractivity (Wildman–Crippen MR) is 144 cm³/mol. The van der Waals surface area contributed by atoms with E-state index in [1.54, 1.807) is 0 Å². The van der Waals surface area contributed by atoms with Crippen molar-refractivity contribution in [3.05, 3.63) is 102 Å². The normalized spacial score (nSPS) is 10.9. The second kappa shape index (κ2) is 10.2. The molecule has 0 bridgehead atoms. The minimum atomic E-state index is -0.188. The van der Waals surface area contributed by atoms with Crippen LogP contribution in [0, 0.1) is 6.92 Å². The molecule has 3 aromatic carbocycles. The van der Waals surface area contributed by atoms with Crippen molar-refractivity contribution in [2.45, 2.75) is 11.8 Å². The van der Waals surface area contributed by atoms with Crippen LogP contribution in [0.25, 0.3) is 15.9 Å². The van der Waals surface area contributed by atoms with Crippen molar-refractivity contribution < 1.29 is 9.59 Å². The molecule has 5 aromatic rings. The first-order valence-corrected chi connectivity index (χ1v) is 12.8. The summed E-state index contributed by atoms with van der Waals surface area (Å²) in [5.74, 6) is -0.0590. The lowest BCUT2D eigenvalue weighted by Gasteiger charge is -2.10. The maximum atomic E-state index is 13.2. The SMILES string of the molecule is Cc1nn(-c2ccccc2)c2sc(C(=O)Nc3ccccc3SCC(=O)Nc3ccccc3)cc12. The number of nitrogens with one attached hydrogen (secondary N) is 2.